The highest BCUT2D eigenvalue weighted by atomic mass is 16.2. The first-order valence-electron chi connectivity index (χ1n) is 9.39. The molecule has 0 saturated heterocycles. The Kier molecular flexibility index (Phi) is 7.76. The van der Waals surface area contributed by atoms with E-state index in [1.54, 1.807) is 7.05 Å². The zero-order valence-electron chi connectivity index (χ0n) is 15.8. The van der Waals surface area contributed by atoms with E-state index in [9.17, 15) is 4.79 Å². The molecule has 25 heavy (non-hydrogen) atoms. The lowest BCUT2D eigenvalue weighted by molar-refractivity contribution is -0.131. The number of aliphatic imine (C=N–C) groups is 1. The van der Waals surface area contributed by atoms with Gasteiger partial charge in [-0.2, -0.15) is 0 Å². The second-order valence-corrected chi connectivity index (χ2v) is 7.08. The second-order valence-electron chi connectivity index (χ2n) is 7.08. The minimum absolute atomic E-state index is 0.234. The first kappa shape index (κ1) is 19.3. The molecule has 2 N–H and O–H groups in total. The SMILES string of the molecule is CN=C(NCCCC(=O)N1Cc2ccccc2C1)NCCCC(C)C. The summed E-state index contributed by atoms with van der Waals surface area (Å²) in [4.78, 5) is 18.5. The fraction of sp³-hybridized carbons (Fsp3) is 0.600. The lowest BCUT2D eigenvalue weighted by atomic mass is 10.1. The Bertz CT molecular complexity index is 558. The molecule has 1 heterocycles. The normalized spacial score (nSPS) is 13.9. The van der Waals surface area contributed by atoms with Crippen LogP contribution >= 0.6 is 0 Å². The van der Waals surface area contributed by atoms with E-state index in [0.717, 1.165) is 50.9 Å². The minimum Gasteiger partial charge on any atom is -0.356 e. The van der Waals surface area contributed by atoms with Crippen LogP contribution in [0.25, 0.3) is 0 Å². The van der Waals surface area contributed by atoms with Gasteiger partial charge in [-0.15, -0.1) is 0 Å². The molecule has 0 bridgehead atoms. The first-order chi connectivity index (χ1) is 12.1. The molecule has 1 aromatic carbocycles. The van der Waals surface area contributed by atoms with Gasteiger partial charge in [0.1, 0.15) is 0 Å². The maximum atomic E-state index is 12.4. The summed E-state index contributed by atoms with van der Waals surface area (Å²) >= 11 is 0. The third-order valence-corrected chi connectivity index (χ3v) is 4.53. The van der Waals surface area contributed by atoms with Crippen LogP contribution in [0.3, 0.4) is 0 Å². The molecule has 1 amide bonds. The Labute approximate surface area is 151 Å². The van der Waals surface area contributed by atoms with Crippen LogP contribution in [0, 0.1) is 5.92 Å². The molecule has 0 fully saturated rings. The molecule has 1 aliphatic heterocycles. The van der Waals surface area contributed by atoms with Gasteiger partial charge in [-0.25, -0.2) is 0 Å². The van der Waals surface area contributed by atoms with Crippen LogP contribution < -0.4 is 10.6 Å². The van der Waals surface area contributed by atoms with Gasteiger partial charge >= 0.3 is 0 Å². The summed E-state index contributed by atoms with van der Waals surface area (Å²) in [6.07, 6.45) is 3.76. The average Bonchev–Trinajstić information content (AvgIpc) is 3.04. The van der Waals surface area contributed by atoms with Crippen molar-refractivity contribution in [3.63, 3.8) is 0 Å². The zero-order chi connectivity index (χ0) is 18.1. The Morgan fingerprint density at radius 3 is 2.28 bits per heavy atom. The van der Waals surface area contributed by atoms with Crippen LogP contribution in [0.5, 0.6) is 0 Å². The largest absolute Gasteiger partial charge is 0.356 e. The van der Waals surface area contributed by atoms with Crippen LogP contribution in [-0.2, 0) is 17.9 Å². The van der Waals surface area contributed by atoms with Gasteiger partial charge in [0.25, 0.3) is 0 Å². The van der Waals surface area contributed by atoms with Crippen molar-refractivity contribution in [2.75, 3.05) is 20.1 Å². The van der Waals surface area contributed by atoms with E-state index < -0.39 is 0 Å². The van der Waals surface area contributed by atoms with E-state index in [-0.39, 0.29) is 5.91 Å². The Hall–Kier alpha value is -2.04. The number of fused-ring (bicyclic) bond motifs is 1. The summed E-state index contributed by atoms with van der Waals surface area (Å²) in [6.45, 7) is 7.67. The molecule has 138 valence electrons. The summed E-state index contributed by atoms with van der Waals surface area (Å²) in [6, 6.07) is 8.30. The van der Waals surface area contributed by atoms with E-state index in [1.165, 1.54) is 17.5 Å². The van der Waals surface area contributed by atoms with Crippen LogP contribution in [0.15, 0.2) is 29.3 Å². The lowest BCUT2D eigenvalue weighted by Gasteiger charge is -2.16. The van der Waals surface area contributed by atoms with E-state index in [2.05, 4.69) is 41.6 Å². The molecular weight excluding hydrogens is 312 g/mol. The summed E-state index contributed by atoms with van der Waals surface area (Å²) in [5.74, 6) is 1.79. The van der Waals surface area contributed by atoms with E-state index in [0.29, 0.717) is 6.42 Å². The average molecular weight is 345 g/mol. The summed E-state index contributed by atoms with van der Waals surface area (Å²) in [5.41, 5.74) is 2.56. The molecule has 5 heteroatoms. The number of carbonyl (C=O) groups excluding carboxylic acids is 1. The molecule has 0 radical (unpaired) electrons. The Morgan fingerprint density at radius 2 is 1.72 bits per heavy atom. The first-order valence-corrected chi connectivity index (χ1v) is 9.39. The third kappa shape index (κ3) is 6.40. The number of hydrogen-bond donors (Lipinski definition) is 2. The highest BCUT2D eigenvalue weighted by molar-refractivity contribution is 5.80. The smallest absolute Gasteiger partial charge is 0.223 e. The van der Waals surface area contributed by atoms with Crippen molar-refractivity contribution in [3.8, 4) is 0 Å². The molecule has 0 saturated carbocycles. The number of rotatable bonds is 8. The van der Waals surface area contributed by atoms with Crippen molar-refractivity contribution in [3.05, 3.63) is 35.4 Å². The van der Waals surface area contributed by atoms with Crippen LogP contribution in [-0.4, -0.2) is 36.9 Å². The van der Waals surface area contributed by atoms with Crippen LogP contribution in [0.1, 0.15) is 50.7 Å². The van der Waals surface area contributed by atoms with Crippen molar-refractivity contribution in [1.29, 1.82) is 0 Å². The Balaban J connectivity index is 1.60. The van der Waals surface area contributed by atoms with Gasteiger partial charge in [-0.05, 0) is 36.3 Å². The third-order valence-electron chi connectivity index (χ3n) is 4.53. The van der Waals surface area contributed by atoms with Gasteiger partial charge < -0.3 is 15.5 Å². The highest BCUT2D eigenvalue weighted by Crippen LogP contribution is 2.22. The fourth-order valence-corrected chi connectivity index (χ4v) is 3.05. The maximum Gasteiger partial charge on any atom is 0.223 e. The summed E-state index contributed by atoms with van der Waals surface area (Å²) in [7, 11) is 1.78. The van der Waals surface area contributed by atoms with E-state index in [4.69, 9.17) is 0 Å². The van der Waals surface area contributed by atoms with Gasteiger partial charge in [-0.1, -0.05) is 38.1 Å². The van der Waals surface area contributed by atoms with Crippen molar-refractivity contribution in [1.82, 2.24) is 15.5 Å². The molecule has 0 aromatic heterocycles. The maximum absolute atomic E-state index is 12.4. The summed E-state index contributed by atoms with van der Waals surface area (Å²) < 4.78 is 0. The molecule has 0 spiro atoms. The number of nitrogens with zero attached hydrogens (tertiary/aromatic N) is 2. The highest BCUT2D eigenvalue weighted by Gasteiger charge is 2.22. The van der Waals surface area contributed by atoms with Crippen molar-refractivity contribution < 1.29 is 4.79 Å². The molecule has 1 aliphatic rings. The van der Waals surface area contributed by atoms with Gasteiger partial charge in [0, 0.05) is 39.6 Å². The predicted molar refractivity (Wildman–Crippen MR) is 103 cm³/mol. The van der Waals surface area contributed by atoms with Crippen molar-refractivity contribution in [2.24, 2.45) is 10.9 Å². The fourth-order valence-electron chi connectivity index (χ4n) is 3.05. The van der Waals surface area contributed by atoms with Crippen molar-refractivity contribution >= 4 is 11.9 Å². The quantitative estimate of drug-likeness (QED) is 0.433. The number of benzene rings is 1. The number of nitrogens with one attached hydrogen (secondary N) is 2. The Morgan fingerprint density at radius 1 is 1.12 bits per heavy atom. The zero-order valence-corrected chi connectivity index (χ0v) is 15.8. The molecular formula is C20H32N4O. The molecule has 0 unspecified atom stereocenters. The second kappa shape index (κ2) is 10.1. The molecule has 5 nitrogen and oxygen atoms in total. The van der Waals surface area contributed by atoms with E-state index in [1.807, 2.05) is 17.0 Å². The topological polar surface area (TPSA) is 56.7 Å². The number of amides is 1. The van der Waals surface area contributed by atoms with E-state index >= 15 is 0 Å². The number of guanidine groups is 1. The molecule has 2 rings (SSSR count). The molecule has 0 aliphatic carbocycles. The molecule has 0 atom stereocenters. The van der Waals surface area contributed by atoms with Gasteiger partial charge in [0.2, 0.25) is 5.91 Å². The van der Waals surface area contributed by atoms with Gasteiger partial charge in [0.15, 0.2) is 5.96 Å². The van der Waals surface area contributed by atoms with Gasteiger partial charge in [-0.3, -0.25) is 9.79 Å². The van der Waals surface area contributed by atoms with Crippen LogP contribution in [0.2, 0.25) is 0 Å². The van der Waals surface area contributed by atoms with Gasteiger partial charge in [0.05, 0.1) is 0 Å². The number of carbonyl (C=O) groups is 1. The predicted octanol–water partition coefficient (Wildman–Crippen LogP) is 2.91. The number of hydrogen-bond acceptors (Lipinski definition) is 2. The minimum atomic E-state index is 0.234. The van der Waals surface area contributed by atoms with Crippen molar-refractivity contribution in [2.45, 2.75) is 52.6 Å². The van der Waals surface area contributed by atoms with Crippen LogP contribution in [0.4, 0.5) is 0 Å². The lowest BCUT2D eigenvalue weighted by Crippen LogP contribution is -2.38. The standard InChI is InChI=1S/C20H32N4O/c1-16(2)8-6-12-22-20(21-3)23-13-7-11-19(25)24-14-17-9-4-5-10-18(17)15-24/h4-5,9-10,16H,6-8,11-15H2,1-3H3,(H2,21,22,23). The monoisotopic (exact) mass is 344 g/mol. The molecule has 1 aromatic rings. The summed E-state index contributed by atoms with van der Waals surface area (Å²) in [5, 5.41) is 6.61.